The van der Waals surface area contributed by atoms with E-state index in [0.29, 0.717) is 12.2 Å². The van der Waals surface area contributed by atoms with Gasteiger partial charge in [-0.2, -0.15) is 0 Å². The van der Waals surface area contributed by atoms with Crippen LogP contribution in [0.25, 0.3) is 0 Å². The van der Waals surface area contributed by atoms with Crippen LogP contribution in [-0.4, -0.2) is 60.0 Å². The van der Waals surface area contributed by atoms with Crippen molar-refractivity contribution in [3.05, 3.63) is 16.1 Å². The predicted molar refractivity (Wildman–Crippen MR) is 93.8 cm³/mol. The number of aromatic nitrogens is 1. The standard InChI is InChI=1S/C17H28N4OS/c18-7-6-16-19-15(13-23-16)17(22)21-10-8-20(9-11-21)12-14-4-2-1-3-5-14/h13-14H,1-12,18H2. The SMILES string of the molecule is NCCc1nc(C(=O)N2CCN(CC3CCCCC3)CC2)cs1. The van der Waals surface area contributed by atoms with Crippen LogP contribution in [0.15, 0.2) is 5.38 Å². The highest BCUT2D eigenvalue weighted by molar-refractivity contribution is 7.09. The minimum atomic E-state index is 0.0850. The summed E-state index contributed by atoms with van der Waals surface area (Å²) in [6, 6.07) is 0. The Balaban J connectivity index is 1.46. The Bertz CT molecular complexity index is 504. The smallest absolute Gasteiger partial charge is 0.273 e. The van der Waals surface area contributed by atoms with E-state index in [4.69, 9.17) is 5.73 Å². The van der Waals surface area contributed by atoms with Gasteiger partial charge in [0, 0.05) is 44.5 Å². The molecule has 2 heterocycles. The Morgan fingerprint density at radius 1 is 1.22 bits per heavy atom. The minimum absolute atomic E-state index is 0.0850. The van der Waals surface area contributed by atoms with Crippen LogP contribution in [0.2, 0.25) is 0 Å². The van der Waals surface area contributed by atoms with Gasteiger partial charge in [-0.25, -0.2) is 4.98 Å². The Labute approximate surface area is 142 Å². The minimum Gasteiger partial charge on any atom is -0.335 e. The molecule has 1 aromatic rings. The fourth-order valence-corrected chi connectivity index (χ4v) is 4.47. The van der Waals surface area contributed by atoms with E-state index in [2.05, 4.69) is 9.88 Å². The van der Waals surface area contributed by atoms with Crippen LogP contribution in [-0.2, 0) is 6.42 Å². The average molecular weight is 337 g/mol. The zero-order valence-corrected chi connectivity index (χ0v) is 14.7. The quantitative estimate of drug-likeness (QED) is 0.893. The van der Waals surface area contributed by atoms with Crippen LogP contribution in [0.4, 0.5) is 0 Å². The summed E-state index contributed by atoms with van der Waals surface area (Å²) in [6.45, 7) is 5.47. The number of amides is 1. The molecule has 1 saturated carbocycles. The van der Waals surface area contributed by atoms with Crippen molar-refractivity contribution in [1.29, 1.82) is 0 Å². The van der Waals surface area contributed by atoms with Gasteiger partial charge >= 0.3 is 0 Å². The zero-order chi connectivity index (χ0) is 16.1. The predicted octanol–water partition coefficient (Wildman–Crippen LogP) is 1.98. The van der Waals surface area contributed by atoms with Crippen molar-refractivity contribution in [2.45, 2.75) is 38.5 Å². The summed E-state index contributed by atoms with van der Waals surface area (Å²) < 4.78 is 0. The van der Waals surface area contributed by atoms with Gasteiger partial charge in [0.1, 0.15) is 5.69 Å². The number of nitrogens with zero attached hydrogens (tertiary/aromatic N) is 3. The lowest BCUT2D eigenvalue weighted by Crippen LogP contribution is -2.50. The molecule has 5 nitrogen and oxygen atoms in total. The number of piperazine rings is 1. The number of hydrogen-bond donors (Lipinski definition) is 1. The largest absolute Gasteiger partial charge is 0.335 e. The first-order valence-electron chi connectivity index (χ1n) is 8.92. The van der Waals surface area contributed by atoms with Crippen LogP contribution in [0.1, 0.15) is 47.6 Å². The normalized spacial score (nSPS) is 20.8. The second-order valence-electron chi connectivity index (χ2n) is 6.76. The molecule has 1 amide bonds. The van der Waals surface area contributed by atoms with Crippen molar-refractivity contribution >= 4 is 17.2 Å². The summed E-state index contributed by atoms with van der Waals surface area (Å²) in [4.78, 5) is 21.5. The van der Waals surface area contributed by atoms with E-state index in [1.165, 1.54) is 38.6 Å². The molecule has 23 heavy (non-hydrogen) atoms. The van der Waals surface area contributed by atoms with Gasteiger partial charge in [0.2, 0.25) is 0 Å². The van der Waals surface area contributed by atoms with Gasteiger partial charge in [-0.3, -0.25) is 9.69 Å². The maximum Gasteiger partial charge on any atom is 0.273 e. The van der Waals surface area contributed by atoms with E-state index in [-0.39, 0.29) is 5.91 Å². The number of carbonyl (C=O) groups is 1. The molecule has 0 unspecified atom stereocenters. The lowest BCUT2D eigenvalue weighted by Gasteiger charge is -2.37. The number of nitrogens with two attached hydrogens (primary N) is 1. The summed E-state index contributed by atoms with van der Waals surface area (Å²) in [7, 11) is 0. The Hall–Kier alpha value is -0.980. The van der Waals surface area contributed by atoms with Crippen LogP contribution in [0, 0.1) is 5.92 Å². The van der Waals surface area contributed by atoms with Crippen molar-refractivity contribution in [2.75, 3.05) is 39.3 Å². The van der Waals surface area contributed by atoms with Gasteiger partial charge in [-0.15, -0.1) is 11.3 Å². The summed E-state index contributed by atoms with van der Waals surface area (Å²) in [6.07, 6.45) is 7.76. The summed E-state index contributed by atoms with van der Waals surface area (Å²) in [5.41, 5.74) is 6.14. The highest BCUT2D eigenvalue weighted by Gasteiger charge is 2.25. The molecular weight excluding hydrogens is 308 g/mol. The number of carbonyl (C=O) groups excluding carboxylic acids is 1. The summed E-state index contributed by atoms with van der Waals surface area (Å²) in [5.74, 6) is 0.963. The molecule has 1 saturated heterocycles. The van der Waals surface area contributed by atoms with Crippen LogP contribution >= 0.6 is 11.3 Å². The second-order valence-corrected chi connectivity index (χ2v) is 7.70. The van der Waals surface area contributed by atoms with Crippen LogP contribution < -0.4 is 5.73 Å². The molecule has 0 atom stereocenters. The van der Waals surface area contributed by atoms with Crippen LogP contribution in [0.3, 0.4) is 0 Å². The molecule has 2 aliphatic rings. The molecule has 2 fully saturated rings. The van der Waals surface area contributed by atoms with Gasteiger partial charge in [0.15, 0.2) is 0 Å². The van der Waals surface area contributed by atoms with E-state index in [0.717, 1.165) is 43.5 Å². The fraction of sp³-hybridized carbons (Fsp3) is 0.765. The third-order valence-corrected chi connectivity index (χ3v) is 5.94. The first-order chi connectivity index (χ1) is 11.3. The summed E-state index contributed by atoms with van der Waals surface area (Å²) in [5, 5.41) is 2.84. The van der Waals surface area contributed by atoms with E-state index >= 15 is 0 Å². The number of hydrogen-bond acceptors (Lipinski definition) is 5. The molecule has 0 spiro atoms. The third-order valence-electron chi connectivity index (χ3n) is 5.03. The number of rotatable bonds is 5. The van der Waals surface area contributed by atoms with Crippen LogP contribution in [0.5, 0.6) is 0 Å². The van der Waals surface area contributed by atoms with Gasteiger partial charge in [-0.05, 0) is 25.3 Å². The number of thiazole rings is 1. The molecule has 1 aliphatic heterocycles. The maximum atomic E-state index is 12.5. The maximum absolute atomic E-state index is 12.5. The summed E-state index contributed by atoms with van der Waals surface area (Å²) >= 11 is 1.54. The molecule has 3 rings (SSSR count). The molecule has 0 radical (unpaired) electrons. The van der Waals surface area contributed by atoms with Crippen molar-refractivity contribution in [2.24, 2.45) is 11.7 Å². The van der Waals surface area contributed by atoms with E-state index in [1.54, 1.807) is 11.3 Å². The molecule has 1 aliphatic carbocycles. The Morgan fingerprint density at radius 2 is 1.96 bits per heavy atom. The lowest BCUT2D eigenvalue weighted by atomic mass is 9.89. The second kappa shape index (κ2) is 8.22. The van der Waals surface area contributed by atoms with Crippen molar-refractivity contribution in [3.8, 4) is 0 Å². The zero-order valence-electron chi connectivity index (χ0n) is 13.9. The van der Waals surface area contributed by atoms with Gasteiger partial charge < -0.3 is 10.6 Å². The Kier molecular flexibility index (Phi) is 6.02. The van der Waals surface area contributed by atoms with Gasteiger partial charge in [-0.1, -0.05) is 19.3 Å². The lowest BCUT2D eigenvalue weighted by molar-refractivity contribution is 0.0601. The fourth-order valence-electron chi connectivity index (χ4n) is 3.68. The Morgan fingerprint density at radius 3 is 2.65 bits per heavy atom. The van der Waals surface area contributed by atoms with Gasteiger partial charge in [0.25, 0.3) is 5.91 Å². The monoisotopic (exact) mass is 336 g/mol. The van der Waals surface area contributed by atoms with E-state index < -0.39 is 0 Å². The van der Waals surface area contributed by atoms with Crippen molar-refractivity contribution in [1.82, 2.24) is 14.8 Å². The molecule has 6 heteroatoms. The van der Waals surface area contributed by atoms with Gasteiger partial charge in [0.05, 0.1) is 5.01 Å². The molecule has 0 bridgehead atoms. The van der Waals surface area contributed by atoms with E-state index in [9.17, 15) is 4.79 Å². The van der Waals surface area contributed by atoms with Crippen molar-refractivity contribution in [3.63, 3.8) is 0 Å². The highest BCUT2D eigenvalue weighted by atomic mass is 32.1. The molecule has 2 N–H and O–H groups in total. The topological polar surface area (TPSA) is 62.5 Å². The molecule has 128 valence electrons. The van der Waals surface area contributed by atoms with E-state index in [1.807, 2.05) is 10.3 Å². The highest BCUT2D eigenvalue weighted by Crippen LogP contribution is 2.25. The molecule has 1 aromatic heterocycles. The first kappa shape index (κ1) is 16.9. The van der Waals surface area contributed by atoms with Crippen molar-refractivity contribution < 1.29 is 4.79 Å². The average Bonchev–Trinajstić information content (AvgIpc) is 3.05. The molecular formula is C17H28N4OS. The first-order valence-corrected chi connectivity index (χ1v) is 9.80. The molecule has 0 aromatic carbocycles. The third kappa shape index (κ3) is 4.52.